The fraction of sp³-hybridized carbons (Fsp3) is 0.611. The average Bonchev–Trinajstić information content (AvgIpc) is 3.07. The summed E-state index contributed by atoms with van der Waals surface area (Å²) in [5, 5.41) is 4.01. The number of anilines is 1. The van der Waals surface area contributed by atoms with Crippen LogP contribution in [0.25, 0.3) is 0 Å². The smallest absolute Gasteiger partial charge is 0.278 e. The molecule has 5 heteroatoms. The van der Waals surface area contributed by atoms with Crippen molar-refractivity contribution in [1.29, 1.82) is 0 Å². The van der Waals surface area contributed by atoms with Crippen LogP contribution in [0.5, 0.6) is 0 Å². The molecule has 0 aromatic heterocycles. The predicted molar refractivity (Wildman–Crippen MR) is 94.2 cm³/mol. The second kappa shape index (κ2) is 7.54. The lowest BCUT2D eigenvalue weighted by Crippen LogP contribution is -3.19. The third-order valence-corrected chi connectivity index (χ3v) is 5.52. The van der Waals surface area contributed by atoms with Crippen molar-refractivity contribution in [1.82, 2.24) is 5.32 Å². The molecule has 23 heavy (non-hydrogen) atoms. The first-order valence-corrected chi connectivity index (χ1v) is 9.17. The third kappa shape index (κ3) is 4.18. The normalized spacial score (nSPS) is 21.4. The summed E-state index contributed by atoms with van der Waals surface area (Å²) in [5.74, 6) is 0.225. The molecule has 1 saturated heterocycles. The van der Waals surface area contributed by atoms with Gasteiger partial charge in [0.15, 0.2) is 6.04 Å². The van der Waals surface area contributed by atoms with Crippen LogP contribution in [0, 0.1) is 0 Å². The molecule has 2 N–H and O–H groups in total. The molecular weight excluding hydrogens is 310 g/mol. The van der Waals surface area contributed by atoms with Gasteiger partial charge in [-0.3, -0.25) is 4.79 Å². The number of hydrogen-bond acceptors (Lipinski definition) is 2. The monoisotopic (exact) mass is 336 g/mol. The number of quaternary nitrogens is 1. The van der Waals surface area contributed by atoms with Gasteiger partial charge in [0.2, 0.25) is 0 Å². The van der Waals surface area contributed by atoms with Crippen molar-refractivity contribution in [2.24, 2.45) is 0 Å². The van der Waals surface area contributed by atoms with E-state index in [2.05, 4.69) is 23.2 Å². The van der Waals surface area contributed by atoms with Gasteiger partial charge in [0.1, 0.15) is 0 Å². The Morgan fingerprint density at radius 3 is 2.65 bits per heavy atom. The fourth-order valence-corrected chi connectivity index (χ4v) is 3.92. The predicted octanol–water partition coefficient (Wildman–Crippen LogP) is 1.49. The highest BCUT2D eigenvalue weighted by Crippen LogP contribution is 2.19. The molecule has 126 valence electrons. The first-order chi connectivity index (χ1) is 11.1. The Labute approximate surface area is 143 Å². The van der Waals surface area contributed by atoms with Crippen LogP contribution >= 0.6 is 11.6 Å². The SMILES string of the molecule is C[C@H](C(=O)NC1CCCC1)[NH+]1CCN(c2cccc(Cl)c2)CC1. The number of halogens is 1. The van der Waals surface area contributed by atoms with Crippen LogP contribution in [0.15, 0.2) is 24.3 Å². The van der Waals surface area contributed by atoms with Crippen LogP contribution < -0.4 is 15.1 Å². The quantitative estimate of drug-likeness (QED) is 0.874. The van der Waals surface area contributed by atoms with Crippen molar-refractivity contribution in [2.45, 2.75) is 44.7 Å². The molecule has 4 nitrogen and oxygen atoms in total. The number of benzene rings is 1. The minimum Gasteiger partial charge on any atom is -0.360 e. The Bertz CT molecular complexity index is 537. The van der Waals surface area contributed by atoms with E-state index in [0.717, 1.165) is 44.0 Å². The second-order valence-electron chi connectivity index (χ2n) is 6.84. The molecule has 1 heterocycles. The number of piperazine rings is 1. The average molecular weight is 337 g/mol. The van der Waals surface area contributed by atoms with Crippen LogP contribution in [0.2, 0.25) is 5.02 Å². The van der Waals surface area contributed by atoms with Crippen LogP contribution in [0.1, 0.15) is 32.6 Å². The number of rotatable bonds is 4. The van der Waals surface area contributed by atoms with Gasteiger partial charge in [0.05, 0.1) is 26.2 Å². The summed E-state index contributed by atoms with van der Waals surface area (Å²) in [7, 11) is 0. The zero-order valence-corrected chi connectivity index (χ0v) is 14.6. The van der Waals surface area contributed by atoms with E-state index in [1.54, 1.807) is 0 Å². The van der Waals surface area contributed by atoms with Crippen LogP contribution in [0.4, 0.5) is 5.69 Å². The summed E-state index contributed by atoms with van der Waals surface area (Å²) in [5.41, 5.74) is 1.18. The highest BCUT2D eigenvalue weighted by Gasteiger charge is 2.30. The van der Waals surface area contributed by atoms with Gasteiger partial charge in [-0.2, -0.15) is 0 Å². The molecule has 2 fully saturated rings. The summed E-state index contributed by atoms with van der Waals surface area (Å²) in [6.45, 7) is 5.99. The van der Waals surface area contributed by atoms with E-state index < -0.39 is 0 Å². The van der Waals surface area contributed by atoms with Gasteiger partial charge in [0.25, 0.3) is 5.91 Å². The van der Waals surface area contributed by atoms with Gasteiger partial charge < -0.3 is 15.1 Å². The van der Waals surface area contributed by atoms with Gasteiger partial charge >= 0.3 is 0 Å². The van der Waals surface area contributed by atoms with Gasteiger partial charge in [-0.25, -0.2) is 0 Å². The summed E-state index contributed by atoms with van der Waals surface area (Å²) < 4.78 is 0. The van der Waals surface area contributed by atoms with Gasteiger partial charge in [0, 0.05) is 16.8 Å². The molecule has 1 aromatic rings. The Hall–Kier alpha value is -1.26. The summed E-state index contributed by atoms with van der Waals surface area (Å²) in [6, 6.07) is 8.47. The number of hydrogen-bond donors (Lipinski definition) is 2. The molecule has 1 saturated carbocycles. The number of carbonyl (C=O) groups excluding carboxylic acids is 1. The van der Waals surface area contributed by atoms with Crippen molar-refractivity contribution in [3.8, 4) is 0 Å². The lowest BCUT2D eigenvalue weighted by atomic mass is 10.1. The maximum atomic E-state index is 12.4. The van der Waals surface area contributed by atoms with E-state index in [-0.39, 0.29) is 11.9 Å². The van der Waals surface area contributed by atoms with Crippen molar-refractivity contribution in [2.75, 3.05) is 31.1 Å². The second-order valence-corrected chi connectivity index (χ2v) is 7.27. The van der Waals surface area contributed by atoms with Crippen molar-refractivity contribution >= 4 is 23.2 Å². The van der Waals surface area contributed by atoms with Crippen LogP contribution in [-0.2, 0) is 4.79 Å². The molecule has 2 aliphatic rings. The van der Waals surface area contributed by atoms with E-state index in [1.165, 1.54) is 23.4 Å². The largest absolute Gasteiger partial charge is 0.360 e. The highest BCUT2D eigenvalue weighted by atomic mass is 35.5. The first kappa shape index (κ1) is 16.6. The molecule has 1 aliphatic carbocycles. The lowest BCUT2D eigenvalue weighted by Gasteiger charge is -2.36. The van der Waals surface area contributed by atoms with Gasteiger partial charge in [-0.05, 0) is 38.0 Å². The van der Waals surface area contributed by atoms with Crippen molar-refractivity contribution in [3.63, 3.8) is 0 Å². The zero-order chi connectivity index (χ0) is 16.2. The number of amides is 1. The van der Waals surface area contributed by atoms with E-state index in [9.17, 15) is 4.79 Å². The Balaban J connectivity index is 1.50. The molecule has 1 aliphatic heterocycles. The minimum absolute atomic E-state index is 0.0390. The lowest BCUT2D eigenvalue weighted by molar-refractivity contribution is -0.914. The summed E-state index contributed by atoms with van der Waals surface area (Å²) >= 11 is 6.08. The van der Waals surface area contributed by atoms with E-state index in [0.29, 0.717) is 6.04 Å². The van der Waals surface area contributed by atoms with E-state index >= 15 is 0 Å². The van der Waals surface area contributed by atoms with Crippen molar-refractivity contribution in [3.05, 3.63) is 29.3 Å². The van der Waals surface area contributed by atoms with Crippen LogP contribution in [0.3, 0.4) is 0 Å². The third-order valence-electron chi connectivity index (χ3n) is 5.29. The Kier molecular flexibility index (Phi) is 5.44. The maximum Gasteiger partial charge on any atom is 0.278 e. The molecule has 0 radical (unpaired) electrons. The molecule has 1 amide bonds. The molecule has 0 spiro atoms. The molecule has 3 rings (SSSR count). The molecule has 1 aromatic carbocycles. The minimum atomic E-state index is 0.0390. The maximum absolute atomic E-state index is 12.4. The summed E-state index contributed by atoms with van der Waals surface area (Å²) in [6.07, 6.45) is 4.81. The number of nitrogens with one attached hydrogen (secondary N) is 2. The van der Waals surface area contributed by atoms with Gasteiger partial charge in [-0.1, -0.05) is 30.5 Å². The molecule has 0 bridgehead atoms. The van der Waals surface area contributed by atoms with E-state index in [4.69, 9.17) is 11.6 Å². The standard InChI is InChI=1S/C18H26ClN3O/c1-14(18(23)20-16-6-2-3-7-16)21-9-11-22(12-10-21)17-8-4-5-15(19)13-17/h4-5,8,13-14,16H,2-3,6-7,9-12H2,1H3,(H,20,23)/p+1/t14-/m1/s1. The zero-order valence-electron chi connectivity index (χ0n) is 13.9. The number of nitrogens with zero attached hydrogens (tertiary/aromatic N) is 1. The first-order valence-electron chi connectivity index (χ1n) is 8.79. The molecule has 1 atom stereocenters. The highest BCUT2D eigenvalue weighted by molar-refractivity contribution is 6.30. The Morgan fingerprint density at radius 1 is 1.30 bits per heavy atom. The Morgan fingerprint density at radius 2 is 2.00 bits per heavy atom. The topological polar surface area (TPSA) is 36.8 Å². The van der Waals surface area contributed by atoms with Crippen molar-refractivity contribution < 1.29 is 9.69 Å². The van der Waals surface area contributed by atoms with Crippen LogP contribution in [-0.4, -0.2) is 44.2 Å². The van der Waals surface area contributed by atoms with E-state index in [1.807, 2.05) is 18.2 Å². The molecule has 0 unspecified atom stereocenters. The molecular formula is C18H27ClN3O+. The number of carbonyl (C=O) groups is 1. The van der Waals surface area contributed by atoms with Gasteiger partial charge in [-0.15, -0.1) is 0 Å². The fourth-order valence-electron chi connectivity index (χ4n) is 3.74. The summed E-state index contributed by atoms with van der Waals surface area (Å²) in [4.78, 5) is 16.2.